The van der Waals surface area contributed by atoms with Crippen molar-refractivity contribution in [2.45, 2.75) is 38.8 Å². The predicted molar refractivity (Wildman–Crippen MR) is 75.8 cm³/mol. The van der Waals surface area contributed by atoms with Gasteiger partial charge in [-0.15, -0.1) is 0 Å². The van der Waals surface area contributed by atoms with Crippen LogP contribution in [0.4, 0.5) is 5.69 Å². The van der Waals surface area contributed by atoms with Crippen LogP contribution in [0.3, 0.4) is 0 Å². The molecule has 0 bridgehead atoms. The molecule has 0 spiro atoms. The van der Waals surface area contributed by atoms with Crippen molar-refractivity contribution in [2.24, 2.45) is 11.1 Å². The highest BCUT2D eigenvalue weighted by Gasteiger charge is 2.62. The molecule has 1 aromatic carbocycles. The van der Waals surface area contributed by atoms with E-state index in [1.165, 1.54) is 0 Å². The number of amides is 1. The molecular formula is C15H22N2O2. The summed E-state index contributed by atoms with van der Waals surface area (Å²) in [5, 5.41) is 2.88. The Labute approximate surface area is 114 Å². The minimum atomic E-state index is -0.872. The van der Waals surface area contributed by atoms with E-state index in [1.807, 2.05) is 51.1 Å². The number of hydrogen-bond acceptors (Lipinski definition) is 3. The molecule has 1 fully saturated rings. The molecule has 4 nitrogen and oxygen atoms in total. The van der Waals surface area contributed by atoms with E-state index in [-0.39, 0.29) is 17.4 Å². The fraction of sp³-hybridized carbons (Fsp3) is 0.533. The molecule has 1 aromatic rings. The van der Waals surface area contributed by atoms with Crippen molar-refractivity contribution in [3.8, 4) is 0 Å². The van der Waals surface area contributed by atoms with Crippen molar-refractivity contribution in [3.63, 3.8) is 0 Å². The molecule has 3 N–H and O–H groups in total. The number of ether oxygens (including phenoxy) is 1. The average Bonchev–Trinajstić information content (AvgIpc) is 2.39. The van der Waals surface area contributed by atoms with Crippen LogP contribution < -0.4 is 11.1 Å². The van der Waals surface area contributed by atoms with Gasteiger partial charge in [-0.05, 0) is 19.1 Å². The molecule has 0 heterocycles. The summed E-state index contributed by atoms with van der Waals surface area (Å²) in [6, 6.07) is 9.38. The van der Waals surface area contributed by atoms with Crippen LogP contribution in [-0.4, -0.2) is 24.2 Å². The highest BCUT2D eigenvalue weighted by Crippen LogP contribution is 2.50. The van der Waals surface area contributed by atoms with E-state index >= 15 is 0 Å². The number of para-hydroxylation sites is 1. The predicted octanol–water partition coefficient (Wildman–Crippen LogP) is 2.16. The van der Waals surface area contributed by atoms with Crippen molar-refractivity contribution in [2.75, 3.05) is 11.9 Å². The van der Waals surface area contributed by atoms with Crippen LogP contribution in [-0.2, 0) is 9.53 Å². The molecule has 1 amide bonds. The van der Waals surface area contributed by atoms with Gasteiger partial charge in [0.15, 0.2) is 0 Å². The maximum absolute atomic E-state index is 12.4. The van der Waals surface area contributed by atoms with Gasteiger partial charge >= 0.3 is 0 Å². The molecule has 0 saturated heterocycles. The summed E-state index contributed by atoms with van der Waals surface area (Å²) in [6.45, 7) is 6.57. The van der Waals surface area contributed by atoms with Crippen molar-refractivity contribution in [1.82, 2.24) is 0 Å². The first-order valence-electron chi connectivity index (χ1n) is 6.69. The summed E-state index contributed by atoms with van der Waals surface area (Å²) >= 11 is 0. The molecule has 2 unspecified atom stereocenters. The van der Waals surface area contributed by atoms with Gasteiger partial charge in [-0.3, -0.25) is 4.79 Å². The summed E-state index contributed by atoms with van der Waals surface area (Å²) in [4.78, 5) is 12.4. The number of carbonyl (C=O) groups excluding carboxylic acids is 1. The van der Waals surface area contributed by atoms with E-state index in [1.54, 1.807) is 0 Å². The Bertz CT molecular complexity index is 458. The average molecular weight is 262 g/mol. The number of nitrogens with two attached hydrogens (primary N) is 1. The van der Waals surface area contributed by atoms with Gasteiger partial charge in [0.05, 0.1) is 6.10 Å². The number of hydrogen-bond donors (Lipinski definition) is 2. The molecule has 104 valence electrons. The van der Waals surface area contributed by atoms with Crippen molar-refractivity contribution >= 4 is 11.6 Å². The summed E-state index contributed by atoms with van der Waals surface area (Å²) in [5.41, 5.74) is 5.84. The zero-order chi connectivity index (χ0) is 14.1. The Hall–Kier alpha value is -1.39. The first-order chi connectivity index (χ1) is 8.91. The highest BCUT2D eigenvalue weighted by molar-refractivity contribution is 5.99. The second kappa shape index (κ2) is 4.94. The van der Waals surface area contributed by atoms with E-state index in [0.717, 1.165) is 5.69 Å². The second-order valence-corrected chi connectivity index (χ2v) is 5.66. The number of benzene rings is 1. The van der Waals surface area contributed by atoms with Crippen LogP contribution in [0, 0.1) is 5.41 Å². The second-order valence-electron chi connectivity index (χ2n) is 5.66. The molecular weight excluding hydrogens is 240 g/mol. The van der Waals surface area contributed by atoms with Crippen molar-refractivity contribution in [1.29, 1.82) is 0 Å². The minimum Gasteiger partial charge on any atom is -0.378 e. The third-order valence-corrected chi connectivity index (χ3v) is 4.27. The summed E-state index contributed by atoms with van der Waals surface area (Å²) in [6.07, 6.45) is 0.607. The van der Waals surface area contributed by atoms with Gasteiger partial charge in [0.1, 0.15) is 5.54 Å². The van der Waals surface area contributed by atoms with Crippen LogP contribution in [0.2, 0.25) is 0 Å². The number of nitrogens with one attached hydrogen (secondary N) is 1. The Morgan fingerprint density at radius 2 is 2.05 bits per heavy atom. The molecule has 0 radical (unpaired) electrons. The van der Waals surface area contributed by atoms with Crippen molar-refractivity contribution in [3.05, 3.63) is 30.3 Å². The number of carbonyl (C=O) groups is 1. The monoisotopic (exact) mass is 262 g/mol. The largest absolute Gasteiger partial charge is 0.378 e. The summed E-state index contributed by atoms with van der Waals surface area (Å²) in [7, 11) is 0. The Morgan fingerprint density at radius 1 is 1.42 bits per heavy atom. The van der Waals surface area contributed by atoms with E-state index in [9.17, 15) is 4.79 Å². The molecule has 19 heavy (non-hydrogen) atoms. The van der Waals surface area contributed by atoms with E-state index in [4.69, 9.17) is 10.5 Å². The lowest BCUT2D eigenvalue weighted by molar-refractivity contribution is -0.166. The van der Waals surface area contributed by atoms with Gasteiger partial charge in [0, 0.05) is 24.1 Å². The Kier molecular flexibility index (Phi) is 3.65. The van der Waals surface area contributed by atoms with Gasteiger partial charge in [-0.2, -0.15) is 0 Å². The minimum absolute atomic E-state index is 0.0454. The van der Waals surface area contributed by atoms with Crippen LogP contribution in [0.1, 0.15) is 27.2 Å². The Morgan fingerprint density at radius 3 is 2.58 bits per heavy atom. The third kappa shape index (κ3) is 2.26. The third-order valence-electron chi connectivity index (χ3n) is 4.27. The first-order valence-corrected chi connectivity index (χ1v) is 6.69. The van der Waals surface area contributed by atoms with E-state index in [2.05, 4.69) is 5.32 Å². The van der Waals surface area contributed by atoms with E-state index < -0.39 is 5.54 Å². The first kappa shape index (κ1) is 14.0. The quantitative estimate of drug-likeness (QED) is 0.874. The molecule has 1 saturated carbocycles. The maximum atomic E-state index is 12.4. The maximum Gasteiger partial charge on any atom is 0.245 e. The standard InChI is InChI=1S/C15H22N2O2/c1-4-19-12-10-15(16,14(12,2)3)13(18)17-11-8-6-5-7-9-11/h5-9,12H,4,10,16H2,1-3H3,(H,17,18). The molecule has 4 heteroatoms. The van der Waals surface area contributed by atoms with Crippen molar-refractivity contribution < 1.29 is 9.53 Å². The topological polar surface area (TPSA) is 64.3 Å². The zero-order valence-corrected chi connectivity index (χ0v) is 11.8. The number of rotatable bonds is 4. The van der Waals surface area contributed by atoms with Crippen LogP contribution in [0.25, 0.3) is 0 Å². The highest BCUT2D eigenvalue weighted by atomic mass is 16.5. The molecule has 0 aromatic heterocycles. The van der Waals surface area contributed by atoms with Gasteiger partial charge in [-0.1, -0.05) is 32.0 Å². The number of anilines is 1. The smallest absolute Gasteiger partial charge is 0.245 e. The lowest BCUT2D eigenvalue weighted by Gasteiger charge is -2.57. The van der Waals surface area contributed by atoms with Crippen LogP contribution in [0.15, 0.2) is 30.3 Å². The zero-order valence-electron chi connectivity index (χ0n) is 11.8. The molecule has 0 aliphatic heterocycles. The van der Waals surface area contributed by atoms with Crippen LogP contribution >= 0.6 is 0 Å². The Balaban J connectivity index is 2.08. The summed E-state index contributed by atoms with van der Waals surface area (Å²) in [5.74, 6) is -0.139. The fourth-order valence-corrected chi connectivity index (χ4v) is 2.58. The van der Waals surface area contributed by atoms with Crippen LogP contribution in [0.5, 0.6) is 0 Å². The van der Waals surface area contributed by atoms with Gasteiger partial charge < -0.3 is 15.8 Å². The molecule has 2 atom stereocenters. The fourth-order valence-electron chi connectivity index (χ4n) is 2.58. The SMILES string of the molecule is CCOC1CC(N)(C(=O)Nc2ccccc2)C1(C)C. The molecule has 1 aliphatic carbocycles. The van der Waals surface area contributed by atoms with Gasteiger partial charge in [-0.25, -0.2) is 0 Å². The van der Waals surface area contributed by atoms with Gasteiger partial charge in [0.25, 0.3) is 0 Å². The van der Waals surface area contributed by atoms with Gasteiger partial charge in [0.2, 0.25) is 5.91 Å². The molecule has 2 rings (SSSR count). The molecule has 1 aliphatic rings. The normalized spacial score (nSPS) is 28.5. The summed E-state index contributed by atoms with van der Waals surface area (Å²) < 4.78 is 5.63. The lowest BCUT2D eigenvalue weighted by atomic mass is 9.54. The lowest BCUT2D eigenvalue weighted by Crippen LogP contribution is -2.74. The van der Waals surface area contributed by atoms with E-state index in [0.29, 0.717) is 13.0 Å².